The summed E-state index contributed by atoms with van der Waals surface area (Å²) in [7, 11) is 0. The molecule has 1 aliphatic heterocycles. The zero-order valence-corrected chi connectivity index (χ0v) is 21.2. The van der Waals surface area contributed by atoms with E-state index in [4.69, 9.17) is 0 Å². The minimum absolute atomic E-state index is 0.152. The van der Waals surface area contributed by atoms with Crippen LogP contribution in [0.25, 0.3) is 10.2 Å². The van der Waals surface area contributed by atoms with E-state index in [2.05, 4.69) is 41.0 Å². The summed E-state index contributed by atoms with van der Waals surface area (Å²) in [5.41, 5.74) is 3.26. The minimum atomic E-state index is -0.203. The molecule has 1 fully saturated rings. The molecule has 5 rings (SSSR count). The van der Waals surface area contributed by atoms with Gasteiger partial charge in [0.15, 0.2) is 0 Å². The van der Waals surface area contributed by atoms with Gasteiger partial charge >= 0.3 is 0 Å². The van der Waals surface area contributed by atoms with Crippen molar-refractivity contribution < 1.29 is 9.18 Å². The molecule has 9 heteroatoms. The van der Waals surface area contributed by atoms with Crippen LogP contribution in [0.4, 0.5) is 21.6 Å². The van der Waals surface area contributed by atoms with E-state index in [1.165, 1.54) is 17.4 Å². The van der Waals surface area contributed by atoms with Crippen LogP contribution in [0.5, 0.6) is 0 Å². The molecule has 0 bridgehead atoms. The molecule has 4 aromatic rings. The molecule has 1 aliphatic rings. The maximum absolute atomic E-state index is 14.2. The standard InChI is InChI=1S/C25H23BrFN5OS/c1-15-13-17(26)7-8-19(15)30-24(33)22-16(2)21-23(28-14-29-25(21)34-22)32-11-9-31(10-12-32)20-6-4-3-5-18(20)27/h3-8,13-14H,9-12H2,1-2H3,(H,30,33). The van der Waals surface area contributed by atoms with E-state index in [0.29, 0.717) is 36.7 Å². The minimum Gasteiger partial charge on any atom is -0.366 e. The number of para-hydroxylation sites is 1. The first kappa shape index (κ1) is 22.7. The van der Waals surface area contributed by atoms with Gasteiger partial charge in [-0.2, -0.15) is 0 Å². The lowest BCUT2D eigenvalue weighted by Crippen LogP contribution is -2.47. The number of carbonyl (C=O) groups excluding carboxylic acids is 1. The van der Waals surface area contributed by atoms with Gasteiger partial charge in [0.1, 0.15) is 22.8 Å². The van der Waals surface area contributed by atoms with Crippen molar-refractivity contribution in [3.8, 4) is 0 Å². The van der Waals surface area contributed by atoms with Crippen molar-refractivity contribution in [2.75, 3.05) is 41.3 Å². The fourth-order valence-corrected chi connectivity index (χ4v) is 5.84. The predicted molar refractivity (Wildman–Crippen MR) is 140 cm³/mol. The maximum Gasteiger partial charge on any atom is 0.266 e. The zero-order valence-electron chi connectivity index (χ0n) is 18.8. The van der Waals surface area contributed by atoms with Crippen LogP contribution in [0.2, 0.25) is 0 Å². The molecule has 1 N–H and O–H groups in total. The second-order valence-corrected chi connectivity index (χ2v) is 10.2. The summed E-state index contributed by atoms with van der Waals surface area (Å²) in [5.74, 6) is 0.470. The van der Waals surface area contributed by atoms with E-state index in [1.54, 1.807) is 12.4 Å². The fourth-order valence-electron chi connectivity index (χ4n) is 4.32. The number of halogens is 2. The highest BCUT2D eigenvalue weighted by molar-refractivity contribution is 9.10. The number of aromatic nitrogens is 2. The third-order valence-corrected chi connectivity index (χ3v) is 7.81. The van der Waals surface area contributed by atoms with Crippen LogP contribution in [-0.2, 0) is 0 Å². The SMILES string of the molecule is Cc1cc(Br)ccc1NC(=O)c1sc2ncnc(N3CCN(c4ccccc4F)CC3)c2c1C. The summed E-state index contributed by atoms with van der Waals surface area (Å²) in [6.07, 6.45) is 1.55. The van der Waals surface area contributed by atoms with E-state index in [-0.39, 0.29) is 11.7 Å². The highest BCUT2D eigenvalue weighted by atomic mass is 79.9. The second-order valence-electron chi connectivity index (χ2n) is 8.27. The highest BCUT2D eigenvalue weighted by Gasteiger charge is 2.25. The summed E-state index contributed by atoms with van der Waals surface area (Å²) >= 11 is 4.84. The van der Waals surface area contributed by atoms with Crippen LogP contribution in [0.15, 0.2) is 53.3 Å². The van der Waals surface area contributed by atoms with Gasteiger partial charge in [-0.1, -0.05) is 28.1 Å². The van der Waals surface area contributed by atoms with Gasteiger partial charge in [0.2, 0.25) is 0 Å². The van der Waals surface area contributed by atoms with Crippen molar-refractivity contribution in [2.24, 2.45) is 0 Å². The number of piperazine rings is 1. The van der Waals surface area contributed by atoms with Crippen LogP contribution >= 0.6 is 27.3 Å². The molecule has 2 aromatic heterocycles. The average molecular weight is 540 g/mol. The maximum atomic E-state index is 14.2. The topological polar surface area (TPSA) is 61.4 Å². The first-order valence-corrected chi connectivity index (χ1v) is 12.6. The number of rotatable bonds is 4. The Hall–Kier alpha value is -3.04. The van der Waals surface area contributed by atoms with Crippen molar-refractivity contribution in [3.63, 3.8) is 0 Å². The first-order chi connectivity index (χ1) is 16.4. The molecule has 0 saturated carbocycles. The number of hydrogen-bond acceptors (Lipinski definition) is 6. The number of benzene rings is 2. The lowest BCUT2D eigenvalue weighted by atomic mass is 10.1. The number of nitrogens with one attached hydrogen (secondary N) is 1. The largest absolute Gasteiger partial charge is 0.366 e. The predicted octanol–water partition coefficient (Wildman–Crippen LogP) is 5.79. The fraction of sp³-hybridized carbons (Fsp3) is 0.240. The van der Waals surface area contributed by atoms with Crippen molar-refractivity contribution in [1.82, 2.24) is 9.97 Å². The van der Waals surface area contributed by atoms with Crippen molar-refractivity contribution in [1.29, 1.82) is 0 Å². The van der Waals surface area contributed by atoms with E-state index in [9.17, 15) is 9.18 Å². The monoisotopic (exact) mass is 539 g/mol. The summed E-state index contributed by atoms with van der Waals surface area (Å²) < 4.78 is 15.2. The van der Waals surface area contributed by atoms with Crippen LogP contribution < -0.4 is 15.1 Å². The van der Waals surface area contributed by atoms with Crippen molar-refractivity contribution in [3.05, 3.63) is 75.1 Å². The number of hydrogen-bond donors (Lipinski definition) is 1. The first-order valence-electron chi connectivity index (χ1n) is 11.0. The molecule has 1 amide bonds. The number of thiophene rings is 1. The Bertz CT molecular complexity index is 1380. The number of carbonyl (C=O) groups is 1. The quantitative estimate of drug-likeness (QED) is 0.355. The summed E-state index contributed by atoms with van der Waals surface area (Å²) in [6, 6.07) is 12.6. The molecule has 6 nitrogen and oxygen atoms in total. The second kappa shape index (κ2) is 9.31. The molecule has 0 radical (unpaired) electrons. The zero-order chi connectivity index (χ0) is 23.8. The Morgan fingerprint density at radius 1 is 1.06 bits per heavy atom. The Kier molecular flexibility index (Phi) is 6.22. The molecule has 174 valence electrons. The number of fused-ring (bicyclic) bond motifs is 1. The van der Waals surface area contributed by atoms with Gasteiger partial charge < -0.3 is 15.1 Å². The summed E-state index contributed by atoms with van der Waals surface area (Å²) in [4.78, 5) is 27.8. The lowest BCUT2D eigenvalue weighted by Gasteiger charge is -2.37. The summed E-state index contributed by atoms with van der Waals surface area (Å²) in [5, 5.41) is 3.94. The third kappa shape index (κ3) is 4.25. The van der Waals surface area contributed by atoms with E-state index in [0.717, 1.165) is 37.3 Å². The molecule has 0 unspecified atom stereocenters. The van der Waals surface area contributed by atoms with E-state index in [1.807, 2.05) is 44.2 Å². The van der Waals surface area contributed by atoms with Crippen LogP contribution in [0.1, 0.15) is 20.8 Å². The normalized spacial score (nSPS) is 14.0. The number of anilines is 3. The lowest BCUT2D eigenvalue weighted by molar-refractivity contribution is 0.103. The molecule has 34 heavy (non-hydrogen) atoms. The van der Waals surface area contributed by atoms with Crippen molar-refractivity contribution >= 4 is 60.6 Å². The van der Waals surface area contributed by atoms with Gasteiger partial charge in [0.05, 0.1) is 16.0 Å². The Labute approximate surface area is 209 Å². The number of amides is 1. The van der Waals surface area contributed by atoms with Gasteiger partial charge in [-0.05, 0) is 55.3 Å². The molecule has 0 spiro atoms. The van der Waals surface area contributed by atoms with Crippen LogP contribution in [0.3, 0.4) is 0 Å². The molecule has 0 aliphatic carbocycles. The summed E-state index contributed by atoms with van der Waals surface area (Å²) in [6.45, 7) is 6.69. The van der Waals surface area contributed by atoms with Gasteiger partial charge in [0.25, 0.3) is 5.91 Å². The van der Waals surface area contributed by atoms with E-state index < -0.39 is 0 Å². The Morgan fingerprint density at radius 2 is 1.79 bits per heavy atom. The smallest absolute Gasteiger partial charge is 0.266 e. The van der Waals surface area contributed by atoms with Gasteiger partial charge in [-0.25, -0.2) is 14.4 Å². The van der Waals surface area contributed by atoms with E-state index >= 15 is 0 Å². The van der Waals surface area contributed by atoms with Crippen LogP contribution in [-0.4, -0.2) is 42.1 Å². The molecular formula is C25H23BrFN5OS. The van der Waals surface area contributed by atoms with Gasteiger partial charge in [-0.15, -0.1) is 11.3 Å². The molecular weight excluding hydrogens is 517 g/mol. The van der Waals surface area contributed by atoms with Crippen molar-refractivity contribution in [2.45, 2.75) is 13.8 Å². The Morgan fingerprint density at radius 3 is 2.53 bits per heavy atom. The average Bonchev–Trinajstić information content (AvgIpc) is 3.18. The van der Waals surface area contributed by atoms with Gasteiger partial charge in [0, 0.05) is 36.3 Å². The van der Waals surface area contributed by atoms with Crippen LogP contribution in [0, 0.1) is 19.7 Å². The Balaban J connectivity index is 1.40. The molecule has 1 saturated heterocycles. The molecule has 2 aromatic carbocycles. The third-order valence-electron chi connectivity index (χ3n) is 6.12. The molecule has 3 heterocycles. The highest BCUT2D eigenvalue weighted by Crippen LogP contribution is 2.36. The molecule has 0 atom stereocenters. The van der Waals surface area contributed by atoms with Gasteiger partial charge in [-0.3, -0.25) is 4.79 Å². The number of aryl methyl sites for hydroxylation is 2. The number of nitrogens with zero attached hydrogens (tertiary/aromatic N) is 4.